The maximum absolute atomic E-state index is 12.2. The van der Waals surface area contributed by atoms with Crippen LogP contribution in [0.1, 0.15) is 20.9 Å². The number of rotatable bonds is 4. The molecule has 27 heavy (non-hydrogen) atoms. The maximum atomic E-state index is 12.2. The number of thiazole rings is 1. The predicted octanol–water partition coefficient (Wildman–Crippen LogP) is 2.61. The van der Waals surface area contributed by atoms with Gasteiger partial charge in [0.2, 0.25) is 10.0 Å². The first-order valence-corrected chi connectivity index (χ1v) is 10.3. The average Bonchev–Trinajstić information content (AvgIpc) is 2.94. The molecule has 0 radical (unpaired) electrons. The van der Waals surface area contributed by atoms with Crippen molar-refractivity contribution in [3.63, 3.8) is 0 Å². The highest BCUT2D eigenvalue weighted by Gasteiger charge is 2.31. The second kappa shape index (κ2) is 7.09. The Hall–Kier alpha value is -2.18. The molecule has 1 aromatic heterocycles. The van der Waals surface area contributed by atoms with Crippen LogP contribution in [0.4, 0.5) is 18.3 Å². The van der Waals surface area contributed by atoms with E-state index in [1.54, 1.807) is 0 Å². The third-order valence-electron chi connectivity index (χ3n) is 3.74. The van der Waals surface area contributed by atoms with E-state index in [9.17, 15) is 26.4 Å². The zero-order valence-corrected chi connectivity index (χ0v) is 15.5. The van der Waals surface area contributed by atoms with E-state index in [2.05, 4.69) is 15.0 Å². The number of nitrogens with one attached hydrogen (secondary N) is 1. The van der Waals surface area contributed by atoms with E-state index >= 15 is 0 Å². The third kappa shape index (κ3) is 4.96. The Balaban J connectivity index is 1.68. The van der Waals surface area contributed by atoms with E-state index in [1.807, 2.05) is 0 Å². The molecular weight excluding hydrogens is 407 g/mol. The lowest BCUT2D eigenvalue weighted by Gasteiger charge is -2.23. The number of aromatic nitrogens is 1. The first-order chi connectivity index (χ1) is 12.5. The van der Waals surface area contributed by atoms with Gasteiger partial charge in [0.25, 0.3) is 5.91 Å². The maximum Gasteiger partial charge on any atom is 0.573 e. The standard InChI is InChI=1S/C15H14F3N3O4S2/c1-27(23,24)21-7-6-11-12(8-21)26-14(19-11)20-13(22)9-2-4-10(5-3-9)25-15(16,17)18/h2-5H,6-8H2,1H3,(H,19,20,22). The number of fused-ring (bicyclic) bond motifs is 1. The number of anilines is 1. The number of halogens is 3. The molecule has 0 spiro atoms. The van der Waals surface area contributed by atoms with Gasteiger partial charge in [0, 0.05) is 30.0 Å². The molecule has 1 N–H and O–H groups in total. The van der Waals surface area contributed by atoms with Crippen LogP contribution < -0.4 is 10.1 Å². The van der Waals surface area contributed by atoms with Crippen LogP contribution >= 0.6 is 11.3 Å². The van der Waals surface area contributed by atoms with E-state index in [-0.39, 0.29) is 12.1 Å². The second-order valence-corrected chi connectivity index (χ2v) is 8.83. The number of ether oxygens (including phenoxy) is 1. The molecule has 0 atom stereocenters. The van der Waals surface area contributed by atoms with Crippen molar-refractivity contribution in [3.8, 4) is 5.75 Å². The predicted molar refractivity (Wildman–Crippen MR) is 92.2 cm³/mol. The normalized spacial score (nSPS) is 15.3. The minimum atomic E-state index is -4.80. The smallest absolute Gasteiger partial charge is 0.406 e. The van der Waals surface area contributed by atoms with Crippen LogP contribution in [0.25, 0.3) is 0 Å². The highest BCUT2D eigenvalue weighted by atomic mass is 32.2. The summed E-state index contributed by atoms with van der Waals surface area (Å²) in [6, 6.07) is 4.49. The van der Waals surface area contributed by atoms with Gasteiger partial charge in [0.1, 0.15) is 5.75 Å². The van der Waals surface area contributed by atoms with Crippen molar-refractivity contribution in [2.24, 2.45) is 0 Å². The van der Waals surface area contributed by atoms with Gasteiger partial charge >= 0.3 is 6.36 Å². The van der Waals surface area contributed by atoms with Crippen LogP contribution in [0.2, 0.25) is 0 Å². The zero-order valence-electron chi connectivity index (χ0n) is 13.9. The van der Waals surface area contributed by atoms with Crippen LogP contribution in [0.15, 0.2) is 24.3 Å². The van der Waals surface area contributed by atoms with Crippen molar-refractivity contribution in [3.05, 3.63) is 40.4 Å². The molecule has 12 heteroatoms. The quantitative estimate of drug-likeness (QED) is 0.820. The molecular formula is C15H14F3N3O4S2. The Morgan fingerprint density at radius 3 is 2.56 bits per heavy atom. The van der Waals surface area contributed by atoms with Gasteiger partial charge in [-0.15, -0.1) is 24.5 Å². The number of carbonyl (C=O) groups excluding carboxylic acids is 1. The molecule has 0 unspecified atom stereocenters. The summed E-state index contributed by atoms with van der Waals surface area (Å²) in [7, 11) is -3.31. The summed E-state index contributed by atoms with van der Waals surface area (Å²) >= 11 is 1.17. The lowest BCUT2D eigenvalue weighted by Crippen LogP contribution is -2.34. The van der Waals surface area contributed by atoms with Gasteiger partial charge in [0.15, 0.2) is 5.13 Å². The van der Waals surface area contributed by atoms with E-state index in [0.29, 0.717) is 18.1 Å². The SMILES string of the molecule is CS(=O)(=O)N1CCc2nc(NC(=O)c3ccc(OC(F)(F)F)cc3)sc2C1. The summed E-state index contributed by atoms with van der Waals surface area (Å²) in [5.74, 6) is -0.968. The summed E-state index contributed by atoms with van der Waals surface area (Å²) in [6.07, 6.45) is -3.23. The fraction of sp³-hybridized carbons (Fsp3) is 0.333. The Labute approximate surface area is 156 Å². The van der Waals surface area contributed by atoms with Gasteiger partial charge < -0.3 is 4.74 Å². The molecule has 0 aliphatic carbocycles. The molecule has 2 aromatic rings. The number of sulfonamides is 1. The number of amides is 1. The van der Waals surface area contributed by atoms with Crippen LogP contribution in [0, 0.1) is 0 Å². The van der Waals surface area contributed by atoms with Gasteiger partial charge in [-0.3, -0.25) is 10.1 Å². The van der Waals surface area contributed by atoms with Gasteiger partial charge in [-0.2, -0.15) is 4.31 Å². The largest absolute Gasteiger partial charge is 0.573 e. The van der Waals surface area contributed by atoms with E-state index in [0.717, 1.165) is 29.0 Å². The topological polar surface area (TPSA) is 88.6 Å². The van der Waals surface area contributed by atoms with Crippen LogP contribution in [-0.2, 0) is 23.0 Å². The minimum Gasteiger partial charge on any atom is -0.406 e. The summed E-state index contributed by atoms with van der Waals surface area (Å²) in [4.78, 5) is 17.3. The van der Waals surface area contributed by atoms with E-state index in [4.69, 9.17) is 0 Å². The number of hydrogen-bond donors (Lipinski definition) is 1. The Morgan fingerprint density at radius 1 is 1.30 bits per heavy atom. The molecule has 0 bridgehead atoms. The lowest BCUT2D eigenvalue weighted by atomic mass is 10.2. The first kappa shape index (κ1) is 19.6. The van der Waals surface area contributed by atoms with Crippen molar-refractivity contribution in [1.82, 2.24) is 9.29 Å². The number of hydrogen-bond acceptors (Lipinski definition) is 6. The van der Waals surface area contributed by atoms with Gasteiger partial charge in [-0.1, -0.05) is 0 Å². The number of benzene rings is 1. The van der Waals surface area contributed by atoms with Gasteiger partial charge in [-0.05, 0) is 24.3 Å². The summed E-state index contributed by atoms with van der Waals surface area (Å²) in [5.41, 5.74) is 0.861. The third-order valence-corrected chi connectivity index (χ3v) is 5.98. The molecule has 3 rings (SSSR count). The molecule has 7 nitrogen and oxygen atoms in total. The second-order valence-electron chi connectivity index (χ2n) is 5.76. The summed E-state index contributed by atoms with van der Waals surface area (Å²) < 4.78 is 64.8. The highest BCUT2D eigenvalue weighted by molar-refractivity contribution is 7.88. The minimum absolute atomic E-state index is 0.135. The molecule has 1 aromatic carbocycles. The Morgan fingerprint density at radius 2 is 1.96 bits per heavy atom. The lowest BCUT2D eigenvalue weighted by molar-refractivity contribution is -0.274. The molecule has 0 fully saturated rings. The van der Waals surface area contributed by atoms with Crippen LogP contribution in [-0.4, -0.2) is 42.8 Å². The Bertz CT molecular complexity index is 956. The molecule has 0 saturated carbocycles. The molecule has 2 heterocycles. The number of carbonyl (C=O) groups is 1. The molecule has 146 valence electrons. The van der Waals surface area contributed by atoms with Crippen molar-refractivity contribution in [1.29, 1.82) is 0 Å². The number of nitrogens with zero attached hydrogens (tertiary/aromatic N) is 2. The van der Waals surface area contributed by atoms with Gasteiger partial charge in [0.05, 0.1) is 11.9 Å². The average molecular weight is 421 g/mol. The molecule has 1 amide bonds. The number of alkyl halides is 3. The summed E-state index contributed by atoms with van der Waals surface area (Å²) in [5, 5.41) is 2.88. The van der Waals surface area contributed by atoms with Crippen LogP contribution in [0.5, 0.6) is 5.75 Å². The molecule has 1 aliphatic rings. The van der Waals surface area contributed by atoms with Crippen molar-refractivity contribution in [2.75, 3.05) is 18.1 Å². The first-order valence-electron chi connectivity index (χ1n) is 7.62. The molecule has 1 aliphatic heterocycles. The van der Waals surface area contributed by atoms with Crippen molar-refractivity contribution in [2.45, 2.75) is 19.3 Å². The highest BCUT2D eigenvalue weighted by Crippen LogP contribution is 2.30. The van der Waals surface area contributed by atoms with Crippen molar-refractivity contribution >= 4 is 32.4 Å². The van der Waals surface area contributed by atoms with Gasteiger partial charge in [-0.25, -0.2) is 13.4 Å². The fourth-order valence-corrected chi connectivity index (χ4v) is 4.37. The monoisotopic (exact) mass is 421 g/mol. The van der Waals surface area contributed by atoms with E-state index in [1.165, 1.54) is 27.8 Å². The van der Waals surface area contributed by atoms with E-state index < -0.39 is 28.0 Å². The fourth-order valence-electron chi connectivity index (χ4n) is 2.49. The zero-order chi connectivity index (χ0) is 19.8. The Kier molecular flexibility index (Phi) is 5.14. The molecule has 0 saturated heterocycles. The van der Waals surface area contributed by atoms with Crippen molar-refractivity contribution < 1.29 is 31.1 Å². The van der Waals surface area contributed by atoms with Crippen LogP contribution in [0.3, 0.4) is 0 Å². The summed E-state index contributed by atoms with van der Waals surface area (Å²) in [6.45, 7) is 0.523.